The molecule has 28 nitrogen and oxygen atoms in total. The lowest BCUT2D eigenvalue weighted by molar-refractivity contribution is -0.143. The van der Waals surface area contributed by atoms with Gasteiger partial charge >= 0.3 is 5.97 Å². The van der Waals surface area contributed by atoms with Gasteiger partial charge in [0.2, 0.25) is 47.3 Å². The van der Waals surface area contributed by atoms with Crippen LogP contribution in [0.5, 0.6) is 0 Å². The topological polar surface area (TPSA) is 482 Å². The van der Waals surface area contributed by atoms with E-state index in [0.29, 0.717) is 13.0 Å². The van der Waals surface area contributed by atoms with Crippen LogP contribution in [-0.4, -0.2) is 150 Å². The molecule has 0 aliphatic rings. The molecule has 0 rings (SSSR count). The molecule has 0 aliphatic carbocycles. The molecule has 0 aliphatic heterocycles. The number of nitrogens with two attached hydrogens (primary N) is 4. The van der Waals surface area contributed by atoms with Crippen LogP contribution in [0.2, 0.25) is 0 Å². The van der Waals surface area contributed by atoms with E-state index in [2.05, 4.69) is 58.5 Å². The zero-order valence-electron chi connectivity index (χ0n) is 46.5. The Hall–Kier alpha value is -7.00. The monoisotopic (exact) mass is 1080 g/mol. The summed E-state index contributed by atoms with van der Waals surface area (Å²) in [5, 5.41) is 61.0. The molecule has 0 heterocycles. The number of rotatable bonds is 35. The van der Waals surface area contributed by atoms with Crippen LogP contribution in [0, 0.1) is 51.7 Å². The summed E-state index contributed by atoms with van der Waals surface area (Å²) in [7, 11) is 0. The zero-order valence-corrected chi connectivity index (χ0v) is 46.5. The normalized spacial score (nSPS) is 14.9. The molecule has 434 valence electrons. The predicted molar refractivity (Wildman–Crippen MR) is 288 cm³/mol. The summed E-state index contributed by atoms with van der Waals surface area (Å²) in [6, 6.07) is -11.0. The highest BCUT2D eigenvalue weighted by atomic mass is 16.4. The SMILES string of the molecule is CC(C)[C@H](NC(=O)[C@H](CCCNC(=N)N)NC(=O)[C@@H](NC(=O)[C@@H](NC(=O)[C@H](CCCNC(=N)N)NC(=O)[C@@H](NC(=O)[C@@H](NC(=O)[C@@H](NC(=O)[C@@H](N)CCCNC(=N)N)C(C)C)C(C)C)C(C)C)C(C)C)C(C)C)C(=O)O. The lowest BCUT2D eigenvalue weighted by atomic mass is 9.97. The van der Waals surface area contributed by atoms with Gasteiger partial charge in [0.15, 0.2) is 17.9 Å². The van der Waals surface area contributed by atoms with Crippen molar-refractivity contribution in [3.05, 3.63) is 0 Å². The van der Waals surface area contributed by atoms with Gasteiger partial charge in [0.1, 0.15) is 48.3 Å². The maximum atomic E-state index is 14.2. The molecule has 0 saturated heterocycles. The van der Waals surface area contributed by atoms with E-state index in [0.717, 1.165) is 0 Å². The van der Waals surface area contributed by atoms with Crippen molar-refractivity contribution in [1.82, 2.24) is 58.5 Å². The Bertz CT molecular complexity index is 1980. The van der Waals surface area contributed by atoms with Crippen molar-refractivity contribution in [2.45, 2.75) is 176 Å². The lowest BCUT2D eigenvalue weighted by Gasteiger charge is -2.31. The first kappa shape index (κ1) is 69.0. The minimum Gasteiger partial charge on any atom is -0.480 e. The molecule has 23 N–H and O–H groups in total. The van der Waals surface area contributed by atoms with Crippen molar-refractivity contribution < 1.29 is 48.3 Å². The fourth-order valence-electron chi connectivity index (χ4n) is 7.48. The fourth-order valence-corrected chi connectivity index (χ4v) is 7.48. The maximum Gasteiger partial charge on any atom is 0.326 e. The Labute approximate surface area is 447 Å². The average Bonchev–Trinajstić information content (AvgIpc) is 3.30. The number of carbonyl (C=O) groups excluding carboxylic acids is 8. The van der Waals surface area contributed by atoms with E-state index >= 15 is 0 Å². The summed E-state index contributed by atoms with van der Waals surface area (Å²) < 4.78 is 0. The second-order valence-corrected chi connectivity index (χ2v) is 20.9. The number of amides is 8. The van der Waals surface area contributed by atoms with Crippen LogP contribution < -0.4 is 81.4 Å². The van der Waals surface area contributed by atoms with E-state index in [1.807, 2.05) is 0 Å². The summed E-state index contributed by atoms with van der Waals surface area (Å²) in [5.74, 6) is -11.3. The van der Waals surface area contributed by atoms with Gasteiger partial charge in [-0.3, -0.25) is 54.6 Å². The van der Waals surface area contributed by atoms with Gasteiger partial charge in [0, 0.05) is 19.6 Å². The smallest absolute Gasteiger partial charge is 0.326 e. The maximum absolute atomic E-state index is 14.2. The van der Waals surface area contributed by atoms with Gasteiger partial charge in [-0.2, -0.15) is 0 Å². The first-order valence-electron chi connectivity index (χ1n) is 25.9. The molecule has 8 amide bonds. The van der Waals surface area contributed by atoms with Crippen molar-refractivity contribution in [2.75, 3.05) is 19.6 Å². The highest BCUT2D eigenvalue weighted by molar-refractivity contribution is 5.98. The summed E-state index contributed by atoms with van der Waals surface area (Å²) in [5.41, 5.74) is 22.2. The first-order valence-corrected chi connectivity index (χ1v) is 25.9. The number of carbonyl (C=O) groups is 9. The highest BCUT2D eigenvalue weighted by Gasteiger charge is 2.38. The Morgan fingerprint density at radius 2 is 0.579 bits per heavy atom. The van der Waals surface area contributed by atoms with E-state index in [-0.39, 0.29) is 63.1 Å². The van der Waals surface area contributed by atoms with Crippen LogP contribution >= 0.6 is 0 Å². The number of guanidine groups is 3. The van der Waals surface area contributed by atoms with E-state index < -0.39 is 143 Å². The molecule has 0 saturated carbocycles. The molecule has 0 aromatic rings. The average molecular weight is 1080 g/mol. The van der Waals surface area contributed by atoms with Crippen LogP contribution in [-0.2, 0) is 43.2 Å². The number of hydrogen-bond acceptors (Lipinski definition) is 13. The van der Waals surface area contributed by atoms with Crippen molar-refractivity contribution in [3.63, 3.8) is 0 Å². The molecule has 0 aromatic heterocycles. The van der Waals surface area contributed by atoms with Crippen LogP contribution in [0.1, 0.15) is 122 Å². The van der Waals surface area contributed by atoms with Gasteiger partial charge in [-0.15, -0.1) is 0 Å². The van der Waals surface area contributed by atoms with Crippen molar-refractivity contribution >= 4 is 71.1 Å². The van der Waals surface area contributed by atoms with Gasteiger partial charge in [0.05, 0.1) is 6.04 Å². The number of aliphatic carboxylic acids is 1. The van der Waals surface area contributed by atoms with Gasteiger partial charge < -0.3 is 86.5 Å². The Morgan fingerprint density at radius 3 is 0.829 bits per heavy atom. The standard InChI is InChI=1S/C48H92N18O10/c1-22(2)31(41(71)60-30(18-15-21-58-48(54)55)39(69)66-36(27(11)12)45(75)76)63-43(73)34(25(7)8)62-38(68)29(17-14-20-57-47(52)53)59-40(70)32(23(3)4)64-44(74)35(26(9)10)65-42(72)33(24(5)6)61-37(67)28(49)16-13-19-56-46(50)51/h22-36H,13-21,49H2,1-12H3,(H,59,70)(H,60,71)(H,61,67)(H,62,68)(H,63,73)(H,64,74)(H,65,72)(H,66,69)(H,75,76)(H4,50,51,56)(H4,52,53,57)(H4,54,55,58)/t28-,29-,30-,31-,32-,33-,34-,35-,36-/m0/s1. The van der Waals surface area contributed by atoms with Crippen LogP contribution in [0.15, 0.2) is 0 Å². The second-order valence-electron chi connectivity index (χ2n) is 20.9. The number of nitrogens with one attached hydrogen (secondary N) is 14. The third kappa shape index (κ3) is 26.0. The molecule has 0 unspecified atom stereocenters. The van der Waals surface area contributed by atoms with Crippen molar-refractivity contribution in [1.29, 1.82) is 16.2 Å². The van der Waals surface area contributed by atoms with Crippen molar-refractivity contribution in [2.24, 2.45) is 58.4 Å². The van der Waals surface area contributed by atoms with Gasteiger partial charge in [-0.05, 0) is 74.0 Å². The first-order chi connectivity index (χ1) is 35.2. The quantitative estimate of drug-likeness (QED) is 0.0171. The molecular formula is C48H92N18O10. The van der Waals surface area contributed by atoms with Crippen LogP contribution in [0.3, 0.4) is 0 Å². The van der Waals surface area contributed by atoms with E-state index in [9.17, 15) is 48.3 Å². The molecule has 0 spiro atoms. The lowest BCUT2D eigenvalue weighted by Crippen LogP contribution is -2.62. The molecule has 76 heavy (non-hydrogen) atoms. The minimum atomic E-state index is -1.33. The van der Waals surface area contributed by atoms with E-state index in [4.69, 9.17) is 39.2 Å². The number of carboxylic acids is 1. The van der Waals surface area contributed by atoms with E-state index in [1.165, 1.54) is 0 Å². The van der Waals surface area contributed by atoms with E-state index in [1.54, 1.807) is 83.1 Å². The number of carboxylic acid groups (broad SMARTS) is 1. The van der Waals surface area contributed by atoms with Crippen molar-refractivity contribution in [3.8, 4) is 0 Å². The summed E-state index contributed by atoms with van der Waals surface area (Å²) in [6.07, 6.45) is 1.01. The zero-order chi connectivity index (χ0) is 58.7. The molecular weight excluding hydrogens is 989 g/mol. The second kappa shape index (κ2) is 34.5. The predicted octanol–water partition coefficient (Wildman–Crippen LogP) is -3.00. The highest BCUT2D eigenvalue weighted by Crippen LogP contribution is 2.13. The Kier molecular flexibility index (Phi) is 31.4. The largest absolute Gasteiger partial charge is 0.480 e. The van der Waals surface area contributed by atoms with Gasteiger partial charge in [0.25, 0.3) is 0 Å². The Balaban J connectivity index is 6.56. The third-order valence-corrected chi connectivity index (χ3v) is 12.0. The third-order valence-electron chi connectivity index (χ3n) is 12.0. The molecule has 9 atom stereocenters. The minimum absolute atomic E-state index is 0.00223. The van der Waals surface area contributed by atoms with Crippen LogP contribution in [0.4, 0.5) is 0 Å². The molecule has 28 heteroatoms. The van der Waals surface area contributed by atoms with Crippen LogP contribution in [0.25, 0.3) is 0 Å². The molecule has 0 aromatic carbocycles. The summed E-state index contributed by atoms with van der Waals surface area (Å²) >= 11 is 0. The van der Waals surface area contributed by atoms with Gasteiger partial charge in [-0.1, -0.05) is 83.1 Å². The van der Waals surface area contributed by atoms with Gasteiger partial charge in [-0.25, -0.2) is 4.79 Å². The molecule has 0 radical (unpaired) electrons. The number of hydrogen-bond donors (Lipinski definition) is 19. The fraction of sp³-hybridized carbons (Fsp3) is 0.750. The summed E-state index contributed by atoms with van der Waals surface area (Å²) in [4.78, 5) is 123. The Morgan fingerprint density at radius 1 is 0.355 bits per heavy atom. The molecule has 0 fully saturated rings. The molecule has 0 bridgehead atoms. The summed E-state index contributed by atoms with van der Waals surface area (Å²) in [6.45, 7) is 20.4.